The van der Waals surface area contributed by atoms with Gasteiger partial charge in [-0.05, 0) is 36.4 Å². The lowest BCUT2D eigenvalue weighted by Crippen LogP contribution is -2.45. The number of alkyl halides is 3. The van der Waals surface area contributed by atoms with Crippen LogP contribution in [0.3, 0.4) is 0 Å². The lowest BCUT2D eigenvalue weighted by molar-refractivity contribution is -0.138. The molecule has 1 aliphatic heterocycles. The van der Waals surface area contributed by atoms with Crippen molar-refractivity contribution in [2.75, 3.05) is 24.3 Å². The van der Waals surface area contributed by atoms with Crippen molar-refractivity contribution in [3.8, 4) is 5.69 Å². The Kier molecular flexibility index (Phi) is 7.69. The number of hydrogen-bond acceptors (Lipinski definition) is 5. The molecule has 1 aliphatic rings. The maximum absolute atomic E-state index is 14.9. The molecule has 3 heterocycles. The van der Waals surface area contributed by atoms with Gasteiger partial charge in [-0.2, -0.15) is 13.2 Å². The van der Waals surface area contributed by atoms with Crippen LogP contribution in [0.2, 0.25) is 5.02 Å². The van der Waals surface area contributed by atoms with Gasteiger partial charge in [0.15, 0.2) is 0 Å². The maximum Gasteiger partial charge on any atom is 0.421 e. The van der Waals surface area contributed by atoms with Gasteiger partial charge in [0, 0.05) is 38.5 Å². The van der Waals surface area contributed by atoms with E-state index in [0.717, 1.165) is 24.4 Å². The second-order valence-corrected chi connectivity index (χ2v) is 8.74. The monoisotopic (exact) mass is 553 g/mol. The number of methoxy groups -OCH3 is 1. The van der Waals surface area contributed by atoms with Gasteiger partial charge in [0.05, 0.1) is 22.5 Å². The molecule has 1 saturated heterocycles. The number of ether oxygens (including phenoxy) is 1. The van der Waals surface area contributed by atoms with Crippen molar-refractivity contribution >= 4 is 35.0 Å². The molecule has 0 unspecified atom stereocenters. The van der Waals surface area contributed by atoms with E-state index in [9.17, 15) is 31.9 Å². The first kappa shape index (κ1) is 27.1. The van der Waals surface area contributed by atoms with Gasteiger partial charge in [-0.3, -0.25) is 19.5 Å². The molecule has 4 rings (SSSR count). The van der Waals surface area contributed by atoms with Crippen molar-refractivity contribution in [3.05, 3.63) is 81.6 Å². The Labute approximate surface area is 218 Å². The summed E-state index contributed by atoms with van der Waals surface area (Å²) in [4.78, 5) is 43.3. The van der Waals surface area contributed by atoms with Gasteiger partial charge in [0.1, 0.15) is 23.2 Å². The summed E-state index contributed by atoms with van der Waals surface area (Å²) in [5.41, 5.74) is -3.24. The fourth-order valence-corrected chi connectivity index (χ4v) is 4.07. The van der Waals surface area contributed by atoms with E-state index in [1.54, 1.807) is 0 Å². The van der Waals surface area contributed by atoms with E-state index in [0.29, 0.717) is 15.7 Å². The lowest BCUT2D eigenvalue weighted by Gasteiger charge is -2.24. The van der Waals surface area contributed by atoms with E-state index in [4.69, 9.17) is 16.3 Å². The highest BCUT2D eigenvalue weighted by Crippen LogP contribution is 2.27. The predicted molar refractivity (Wildman–Crippen MR) is 130 cm³/mol. The number of urea groups is 1. The molecule has 0 saturated carbocycles. The van der Waals surface area contributed by atoms with Crippen LogP contribution >= 0.6 is 11.6 Å². The van der Waals surface area contributed by atoms with Crippen molar-refractivity contribution in [1.82, 2.24) is 14.5 Å². The highest BCUT2D eigenvalue weighted by molar-refractivity contribution is 6.30. The summed E-state index contributed by atoms with van der Waals surface area (Å²) in [5.74, 6) is -1.51. The molecule has 0 radical (unpaired) electrons. The third-order valence-corrected chi connectivity index (χ3v) is 6.09. The second-order valence-electron chi connectivity index (χ2n) is 8.30. The van der Waals surface area contributed by atoms with E-state index in [1.807, 2.05) is 0 Å². The van der Waals surface area contributed by atoms with Crippen molar-refractivity contribution in [3.63, 3.8) is 0 Å². The number of carbonyl (C=O) groups is 2. The molecule has 0 aliphatic carbocycles. The number of aromatic nitrogens is 2. The van der Waals surface area contributed by atoms with Crippen LogP contribution in [0, 0.1) is 5.82 Å². The molecular weight excluding hydrogens is 534 g/mol. The normalized spacial score (nSPS) is 17.4. The number of likely N-dealkylation sites (tertiary alicyclic amines) is 1. The second kappa shape index (κ2) is 10.8. The number of nitrogens with zero attached hydrogens (tertiary/aromatic N) is 3. The van der Waals surface area contributed by atoms with Crippen LogP contribution in [0.1, 0.15) is 12.0 Å². The summed E-state index contributed by atoms with van der Waals surface area (Å²) >= 11 is 5.80. The SMILES string of the molecule is CO[C@@H]1C[C@H](C(=O)Nc2ccc(-n3cccc(C(F)(F)F)c3=O)cc2F)N(C(=O)Nc2ccc(Cl)cn2)C1. The van der Waals surface area contributed by atoms with Crippen LogP contribution in [0.5, 0.6) is 0 Å². The Hall–Kier alpha value is -3.97. The minimum Gasteiger partial charge on any atom is -0.380 e. The van der Waals surface area contributed by atoms with Gasteiger partial charge in [-0.1, -0.05) is 11.6 Å². The smallest absolute Gasteiger partial charge is 0.380 e. The zero-order chi connectivity index (χ0) is 27.6. The molecule has 9 nitrogen and oxygen atoms in total. The highest BCUT2D eigenvalue weighted by atomic mass is 35.5. The van der Waals surface area contributed by atoms with Gasteiger partial charge in [0.25, 0.3) is 5.56 Å². The molecule has 1 aromatic carbocycles. The Morgan fingerprint density at radius 3 is 2.55 bits per heavy atom. The van der Waals surface area contributed by atoms with E-state index >= 15 is 0 Å². The van der Waals surface area contributed by atoms with Crippen LogP contribution in [-0.4, -0.2) is 52.2 Å². The largest absolute Gasteiger partial charge is 0.421 e. The van der Waals surface area contributed by atoms with Crippen molar-refractivity contribution in [2.24, 2.45) is 0 Å². The van der Waals surface area contributed by atoms with E-state index in [-0.39, 0.29) is 30.2 Å². The molecule has 200 valence electrons. The predicted octanol–water partition coefficient (Wildman–Crippen LogP) is 4.30. The number of anilines is 2. The number of rotatable bonds is 5. The first-order valence-electron chi connectivity index (χ1n) is 11.1. The zero-order valence-corrected chi connectivity index (χ0v) is 20.4. The molecule has 38 heavy (non-hydrogen) atoms. The number of hydrogen-bond donors (Lipinski definition) is 2. The molecule has 0 bridgehead atoms. The average molecular weight is 554 g/mol. The topological polar surface area (TPSA) is 106 Å². The molecular formula is C24H20ClF4N5O4. The average Bonchev–Trinajstić information content (AvgIpc) is 3.31. The van der Waals surface area contributed by atoms with Crippen molar-refractivity contribution in [2.45, 2.75) is 24.7 Å². The third kappa shape index (κ3) is 5.78. The Bertz CT molecular complexity index is 1410. The van der Waals surface area contributed by atoms with E-state index in [2.05, 4.69) is 15.6 Å². The number of carbonyl (C=O) groups excluding carboxylic acids is 2. The maximum atomic E-state index is 14.9. The molecule has 14 heteroatoms. The van der Waals surface area contributed by atoms with Crippen LogP contribution in [0.25, 0.3) is 5.69 Å². The number of nitrogens with one attached hydrogen (secondary N) is 2. The number of pyridine rings is 2. The number of halogens is 5. The molecule has 2 atom stereocenters. The quantitative estimate of drug-likeness (QED) is 0.458. The number of amides is 3. The standard InChI is InChI=1S/C24H20ClF4N5O4/c1-38-15-10-19(34(12-15)23(37)32-20-7-4-13(25)11-30-20)21(35)31-18-6-5-14(9-17(18)26)33-8-2-3-16(22(33)36)24(27,28)29/h2-9,11,15,19H,10,12H2,1H3,(H,31,35)(H,30,32,37)/t15-,19-/m1/s1. The molecule has 3 amide bonds. The first-order chi connectivity index (χ1) is 18.0. The fraction of sp³-hybridized carbons (Fsp3) is 0.250. The first-order valence-corrected chi connectivity index (χ1v) is 11.5. The highest BCUT2D eigenvalue weighted by Gasteiger charge is 2.40. The Morgan fingerprint density at radius 2 is 1.92 bits per heavy atom. The number of benzene rings is 1. The minimum atomic E-state index is -4.88. The third-order valence-electron chi connectivity index (χ3n) is 5.86. The fourth-order valence-electron chi connectivity index (χ4n) is 3.96. The summed E-state index contributed by atoms with van der Waals surface area (Å²) in [7, 11) is 1.43. The lowest BCUT2D eigenvalue weighted by atomic mass is 10.1. The molecule has 2 aromatic heterocycles. The summed E-state index contributed by atoms with van der Waals surface area (Å²) in [6.45, 7) is 0.0773. The summed E-state index contributed by atoms with van der Waals surface area (Å²) in [6.07, 6.45) is -2.81. The van der Waals surface area contributed by atoms with Crippen molar-refractivity contribution in [1.29, 1.82) is 0 Å². The summed E-state index contributed by atoms with van der Waals surface area (Å²) < 4.78 is 60.0. The van der Waals surface area contributed by atoms with Gasteiger partial charge in [-0.25, -0.2) is 14.2 Å². The molecule has 2 N–H and O–H groups in total. The van der Waals surface area contributed by atoms with Crippen LogP contribution in [0.4, 0.5) is 33.9 Å². The van der Waals surface area contributed by atoms with Gasteiger partial charge < -0.3 is 15.0 Å². The van der Waals surface area contributed by atoms with E-state index in [1.165, 1.54) is 36.4 Å². The zero-order valence-electron chi connectivity index (χ0n) is 19.6. The van der Waals surface area contributed by atoms with Gasteiger partial charge in [0.2, 0.25) is 5.91 Å². The van der Waals surface area contributed by atoms with Gasteiger partial charge >= 0.3 is 12.2 Å². The van der Waals surface area contributed by atoms with Crippen LogP contribution in [-0.2, 0) is 15.7 Å². The molecule has 3 aromatic rings. The minimum absolute atomic E-state index is 0.0773. The van der Waals surface area contributed by atoms with Crippen LogP contribution < -0.4 is 16.2 Å². The van der Waals surface area contributed by atoms with Crippen molar-refractivity contribution < 1.29 is 31.9 Å². The molecule has 0 spiro atoms. The van der Waals surface area contributed by atoms with Gasteiger partial charge in [-0.15, -0.1) is 0 Å². The Morgan fingerprint density at radius 1 is 1.16 bits per heavy atom. The summed E-state index contributed by atoms with van der Waals surface area (Å²) in [6, 6.07) is 6.09. The van der Waals surface area contributed by atoms with Crippen LogP contribution in [0.15, 0.2) is 59.7 Å². The molecule has 1 fully saturated rings. The Balaban J connectivity index is 1.52. The van der Waals surface area contributed by atoms with E-state index < -0.39 is 47.2 Å². The summed E-state index contributed by atoms with van der Waals surface area (Å²) in [5, 5.41) is 5.31.